The number of rotatable bonds is 2. The standard InChI is InChI=1S/C10H21N.C2H6.CH4/c1-8(2)10-5-6-11(7-10)9(3)4;1-2;/h8-10H,5-7H2,1-4H3;1-2H3;1H4. The van der Waals surface area contributed by atoms with Crippen LogP contribution in [0.3, 0.4) is 0 Å². The van der Waals surface area contributed by atoms with Crippen molar-refractivity contribution in [2.45, 2.75) is 61.4 Å². The van der Waals surface area contributed by atoms with E-state index in [4.69, 9.17) is 0 Å². The monoisotopic (exact) mass is 201 g/mol. The number of likely N-dealkylation sites (tertiary alicyclic amines) is 1. The van der Waals surface area contributed by atoms with Crippen molar-refractivity contribution in [1.29, 1.82) is 0 Å². The summed E-state index contributed by atoms with van der Waals surface area (Å²) in [6, 6.07) is 0.749. The van der Waals surface area contributed by atoms with Gasteiger partial charge < -0.3 is 4.90 Å². The van der Waals surface area contributed by atoms with E-state index in [1.54, 1.807) is 0 Å². The van der Waals surface area contributed by atoms with Crippen LogP contribution < -0.4 is 0 Å². The third kappa shape index (κ3) is 4.99. The highest BCUT2D eigenvalue weighted by Crippen LogP contribution is 2.24. The Morgan fingerprint density at radius 3 is 1.79 bits per heavy atom. The second kappa shape index (κ2) is 8.28. The van der Waals surface area contributed by atoms with E-state index in [0.717, 1.165) is 17.9 Å². The van der Waals surface area contributed by atoms with Gasteiger partial charge in [-0.25, -0.2) is 0 Å². The van der Waals surface area contributed by atoms with Gasteiger partial charge in [-0.15, -0.1) is 0 Å². The van der Waals surface area contributed by atoms with Crippen LogP contribution in [0.4, 0.5) is 0 Å². The first-order valence-electron chi connectivity index (χ1n) is 5.85. The van der Waals surface area contributed by atoms with E-state index in [0.29, 0.717) is 0 Å². The molecule has 0 bridgehead atoms. The van der Waals surface area contributed by atoms with E-state index in [9.17, 15) is 0 Å². The van der Waals surface area contributed by atoms with Crippen molar-refractivity contribution in [2.24, 2.45) is 11.8 Å². The minimum absolute atomic E-state index is 0. The minimum atomic E-state index is 0. The molecule has 88 valence electrons. The molecule has 1 rings (SSSR count). The summed E-state index contributed by atoms with van der Waals surface area (Å²) in [6.07, 6.45) is 1.41. The third-order valence-electron chi connectivity index (χ3n) is 2.93. The van der Waals surface area contributed by atoms with E-state index >= 15 is 0 Å². The van der Waals surface area contributed by atoms with E-state index < -0.39 is 0 Å². The van der Waals surface area contributed by atoms with Crippen molar-refractivity contribution in [1.82, 2.24) is 4.90 Å². The SMILES string of the molecule is C.CC.CC(C)C1CCN(C(C)C)C1. The van der Waals surface area contributed by atoms with E-state index in [1.807, 2.05) is 13.8 Å². The van der Waals surface area contributed by atoms with Crippen LogP contribution >= 0.6 is 0 Å². The summed E-state index contributed by atoms with van der Waals surface area (Å²) in [7, 11) is 0. The topological polar surface area (TPSA) is 3.24 Å². The van der Waals surface area contributed by atoms with Gasteiger partial charge in [0.25, 0.3) is 0 Å². The Morgan fingerprint density at radius 2 is 1.57 bits per heavy atom. The molecule has 1 heterocycles. The quantitative estimate of drug-likeness (QED) is 0.652. The highest BCUT2D eigenvalue weighted by molar-refractivity contribution is 4.79. The van der Waals surface area contributed by atoms with Crippen molar-refractivity contribution in [3.63, 3.8) is 0 Å². The lowest BCUT2D eigenvalue weighted by Gasteiger charge is -2.21. The molecule has 0 aromatic carbocycles. The molecule has 1 heteroatoms. The van der Waals surface area contributed by atoms with Crippen LogP contribution in [0.2, 0.25) is 0 Å². The summed E-state index contributed by atoms with van der Waals surface area (Å²) in [5.74, 6) is 1.83. The Labute approximate surface area is 91.9 Å². The summed E-state index contributed by atoms with van der Waals surface area (Å²) in [5.41, 5.74) is 0. The molecule has 1 aliphatic heterocycles. The first-order valence-corrected chi connectivity index (χ1v) is 5.85. The molecule has 0 saturated carbocycles. The van der Waals surface area contributed by atoms with E-state index in [2.05, 4.69) is 32.6 Å². The fraction of sp³-hybridized carbons (Fsp3) is 1.00. The largest absolute Gasteiger partial charge is 0.301 e. The van der Waals surface area contributed by atoms with Gasteiger partial charge in [0, 0.05) is 12.6 Å². The second-order valence-electron chi connectivity index (χ2n) is 4.38. The highest BCUT2D eigenvalue weighted by Gasteiger charge is 2.25. The summed E-state index contributed by atoms with van der Waals surface area (Å²) in [4.78, 5) is 2.59. The first-order chi connectivity index (χ1) is 6.11. The molecule has 0 aromatic rings. The molecule has 1 aliphatic rings. The van der Waals surface area contributed by atoms with Crippen LogP contribution in [0.5, 0.6) is 0 Å². The van der Waals surface area contributed by atoms with Gasteiger partial charge in [0.15, 0.2) is 0 Å². The molecule has 1 unspecified atom stereocenters. The summed E-state index contributed by atoms with van der Waals surface area (Å²) >= 11 is 0. The molecule has 1 saturated heterocycles. The number of nitrogens with zero attached hydrogens (tertiary/aromatic N) is 1. The van der Waals surface area contributed by atoms with Gasteiger partial charge in [-0.1, -0.05) is 35.1 Å². The molecular formula is C13H31N. The fourth-order valence-corrected chi connectivity index (χ4v) is 1.83. The van der Waals surface area contributed by atoms with Crippen LogP contribution in [0, 0.1) is 11.8 Å². The van der Waals surface area contributed by atoms with Crippen molar-refractivity contribution in [3.8, 4) is 0 Å². The summed E-state index contributed by atoms with van der Waals surface area (Å²) in [5, 5.41) is 0. The van der Waals surface area contributed by atoms with Crippen LogP contribution in [-0.4, -0.2) is 24.0 Å². The fourth-order valence-electron chi connectivity index (χ4n) is 1.83. The second-order valence-corrected chi connectivity index (χ2v) is 4.38. The zero-order valence-corrected chi connectivity index (χ0v) is 10.3. The number of hydrogen-bond acceptors (Lipinski definition) is 1. The maximum atomic E-state index is 2.59. The predicted octanol–water partition coefficient (Wildman–Crippen LogP) is 4.04. The summed E-state index contributed by atoms with van der Waals surface area (Å²) in [6.45, 7) is 15.9. The van der Waals surface area contributed by atoms with Crippen LogP contribution in [-0.2, 0) is 0 Å². The molecule has 0 aromatic heterocycles. The third-order valence-corrected chi connectivity index (χ3v) is 2.93. The van der Waals surface area contributed by atoms with Gasteiger partial charge in [-0.2, -0.15) is 0 Å². The highest BCUT2D eigenvalue weighted by atomic mass is 15.2. The molecule has 0 aliphatic carbocycles. The van der Waals surface area contributed by atoms with Gasteiger partial charge in [0.05, 0.1) is 0 Å². The van der Waals surface area contributed by atoms with Crippen molar-refractivity contribution in [3.05, 3.63) is 0 Å². The van der Waals surface area contributed by atoms with Gasteiger partial charge in [-0.05, 0) is 38.6 Å². The molecule has 0 amide bonds. The molecule has 1 atom stereocenters. The molecule has 0 spiro atoms. The first kappa shape index (κ1) is 16.4. The lowest BCUT2D eigenvalue weighted by atomic mass is 9.95. The predicted molar refractivity (Wildman–Crippen MR) is 67.7 cm³/mol. The van der Waals surface area contributed by atoms with E-state index in [1.165, 1.54) is 19.5 Å². The molecule has 1 fully saturated rings. The van der Waals surface area contributed by atoms with Gasteiger partial charge in [-0.3, -0.25) is 0 Å². The van der Waals surface area contributed by atoms with Gasteiger partial charge >= 0.3 is 0 Å². The summed E-state index contributed by atoms with van der Waals surface area (Å²) < 4.78 is 0. The average molecular weight is 201 g/mol. The van der Waals surface area contributed by atoms with Crippen molar-refractivity contribution < 1.29 is 0 Å². The molecule has 1 nitrogen and oxygen atoms in total. The Hall–Kier alpha value is -0.0400. The smallest absolute Gasteiger partial charge is 0.00387 e. The van der Waals surface area contributed by atoms with E-state index in [-0.39, 0.29) is 7.43 Å². The zero-order chi connectivity index (χ0) is 10.4. The maximum absolute atomic E-state index is 2.59. The molecule has 0 radical (unpaired) electrons. The Morgan fingerprint density at radius 1 is 1.07 bits per heavy atom. The maximum Gasteiger partial charge on any atom is 0.00387 e. The van der Waals surface area contributed by atoms with Crippen molar-refractivity contribution >= 4 is 0 Å². The molecular weight excluding hydrogens is 170 g/mol. The number of hydrogen-bond donors (Lipinski definition) is 0. The van der Waals surface area contributed by atoms with Gasteiger partial charge in [0.1, 0.15) is 0 Å². The average Bonchev–Trinajstić information content (AvgIpc) is 2.56. The lowest BCUT2D eigenvalue weighted by molar-refractivity contribution is 0.253. The Kier molecular flexibility index (Phi) is 9.70. The lowest BCUT2D eigenvalue weighted by Crippen LogP contribution is -2.28. The van der Waals surface area contributed by atoms with Gasteiger partial charge in [0.2, 0.25) is 0 Å². The Balaban J connectivity index is 0. The van der Waals surface area contributed by atoms with Crippen LogP contribution in [0.15, 0.2) is 0 Å². The van der Waals surface area contributed by atoms with Crippen LogP contribution in [0.1, 0.15) is 55.4 Å². The minimum Gasteiger partial charge on any atom is -0.301 e. The zero-order valence-electron chi connectivity index (χ0n) is 10.3. The van der Waals surface area contributed by atoms with Crippen LogP contribution in [0.25, 0.3) is 0 Å². The molecule has 14 heavy (non-hydrogen) atoms. The van der Waals surface area contributed by atoms with Crippen molar-refractivity contribution in [2.75, 3.05) is 13.1 Å². The Bertz CT molecular complexity index is 104. The normalized spacial score (nSPS) is 21.9. The molecule has 0 N–H and O–H groups in total.